The summed E-state index contributed by atoms with van der Waals surface area (Å²) < 4.78 is 5.82. The quantitative estimate of drug-likeness (QED) is 0.251. The zero-order valence-electron chi connectivity index (χ0n) is 19.5. The van der Waals surface area contributed by atoms with E-state index in [4.69, 9.17) is 4.74 Å². The van der Waals surface area contributed by atoms with Gasteiger partial charge in [-0.1, -0.05) is 88.9 Å². The van der Waals surface area contributed by atoms with Crippen LogP contribution in [0.25, 0.3) is 0 Å². The average Bonchev–Trinajstić information content (AvgIpc) is 2.81. The molecule has 0 aliphatic carbocycles. The van der Waals surface area contributed by atoms with Gasteiger partial charge in [-0.15, -0.1) is 0 Å². The van der Waals surface area contributed by atoms with Gasteiger partial charge in [-0.2, -0.15) is 0 Å². The molecule has 1 heteroatoms. The van der Waals surface area contributed by atoms with Gasteiger partial charge in [0.1, 0.15) is 5.75 Å². The van der Waals surface area contributed by atoms with Crippen LogP contribution in [-0.2, 0) is 0 Å². The van der Waals surface area contributed by atoms with Crippen LogP contribution in [0.5, 0.6) is 5.75 Å². The Morgan fingerprint density at radius 3 is 1.61 bits per heavy atom. The molecule has 0 saturated heterocycles. The average molecular weight is 415 g/mol. The van der Waals surface area contributed by atoms with Gasteiger partial charge in [-0.05, 0) is 61.4 Å². The van der Waals surface area contributed by atoms with E-state index in [0.717, 1.165) is 41.9 Å². The van der Waals surface area contributed by atoms with Gasteiger partial charge in [-0.3, -0.25) is 0 Å². The summed E-state index contributed by atoms with van der Waals surface area (Å²) in [6.45, 7) is 5.28. The Hall–Kier alpha value is -2.64. The molecular weight excluding hydrogens is 376 g/mol. The third-order valence-corrected chi connectivity index (χ3v) is 5.25. The minimum absolute atomic E-state index is 0.794. The lowest BCUT2D eigenvalue weighted by molar-refractivity contribution is 0.304. The molecule has 0 bridgehead atoms. The van der Waals surface area contributed by atoms with E-state index in [2.05, 4.69) is 49.7 Å². The Bertz CT molecular complexity index is 838. The van der Waals surface area contributed by atoms with Gasteiger partial charge in [0, 0.05) is 23.1 Å². The summed E-state index contributed by atoms with van der Waals surface area (Å²) in [4.78, 5) is 0. The second-order valence-corrected chi connectivity index (χ2v) is 8.08. The predicted molar refractivity (Wildman–Crippen MR) is 133 cm³/mol. The first-order chi connectivity index (χ1) is 15.3. The van der Waals surface area contributed by atoms with Crippen LogP contribution in [0, 0.1) is 23.7 Å². The van der Waals surface area contributed by atoms with Gasteiger partial charge >= 0.3 is 0 Å². The van der Waals surface area contributed by atoms with Gasteiger partial charge in [0.05, 0.1) is 6.61 Å². The van der Waals surface area contributed by atoms with Crippen molar-refractivity contribution in [2.75, 3.05) is 6.61 Å². The fourth-order valence-corrected chi connectivity index (χ4v) is 3.29. The van der Waals surface area contributed by atoms with Gasteiger partial charge in [0.2, 0.25) is 0 Å². The molecule has 0 N–H and O–H groups in total. The van der Waals surface area contributed by atoms with Crippen LogP contribution in [0.15, 0.2) is 48.5 Å². The van der Waals surface area contributed by atoms with Crippen molar-refractivity contribution in [3.05, 3.63) is 65.2 Å². The highest BCUT2D eigenvalue weighted by atomic mass is 16.5. The SMILES string of the molecule is CCCCCCCC#Cc1ccc(C#Cc2ccc(OCCCCCCC)cc2)cc1. The van der Waals surface area contributed by atoms with E-state index in [0.29, 0.717) is 0 Å². The monoisotopic (exact) mass is 414 g/mol. The normalized spacial score (nSPS) is 10.0. The fraction of sp³-hybridized carbons (Fsp3) is 0.467. The number of benzene rings is 2. The minimum atomic E-state index is 0.794. The summed E-state index contributed by atoms with van der Waals surface area (Å²) in [6, 6.07) is 16.3. The third kappa shape index (κ3) is 11.4. The van der Waals surface area contributed by atoms with Crippen LogP contribution in [0.4, 0.5) is 0 Å². The molecule has 2 aromatic rings. The predicted octanol–water partition coefficient (Wildman–Crippen LogP) is 8.15. The summed E-state index contributed by atoms with van der Waals surface area (Å²) in [7, 11) is 0. The van der Waals surface area contributed by atoms with E-state index in [9.17, 15) is 0 Å². The minimum Gasteiger partial charge on any atom is -0.494 e. The summed E-state index contributed by atoms with van der Waals surface area (Å²) in [6.07, 6.45) is 13.7. The fourth-order valence-electron chi connectivity index (χ4n) is 3.29. The molecule has 1 nitrogen and oxygen atoms in total. The number of hydrogen-bond acceptors (Lipinski definition) is 1. The lowest BCUT2D eigenvalue weighted by atomic mass is 10.1. The Kier molecular flexibility index (Phi) is 12.8. The second kappa shape index (κ2) is 16.1. The van der Waals surface area contributed by atoms with E-state index < -0.39 is 0 Å². The highest BCUT2D eigenvalue weighted by Crippen LogP contribution is 2.13. The van der Waals surface area contributed by atoms with E-state index in [1.54, 1.807) is 0 Å². The highest BCUT2D eigenvalue weighted by molar-refractivity contribution is 5.46. The molecule has 2 aromatic carbocycles. The van der Waals surface area contributed by atoms with Crippen molar-refractivity contribution >= 4 is 0 Å². The van der Waals surface area contributed by atoms with Crippen molar-refractivity contribution in [2.45, 2.75) is 84.5 Å². The lowest BCUT2D eigenvalue weighted by Crippen LogP contribution is -1.97. The first-order valence-corrected chi connectivity index (χ1v) is 12.2. The zero-order chi connectivity index (χ0) is 22.0. The zero-order valence-corrected chi connectivity index (χ0v) is 19.5. The molecule has 0 saturated carbocycles. The molecule has 0 radical (unpaired) electrons. The Balaban J connectivity index is 1.74. The maximum absolute atomic E-state index is 5.82. The van der Waals surface area contributed by atoms with Gasteiger partial charge in [0.25, 0.3) is 0 Å². The molecule has 0 fully saturated rings. The van der Waals surface area contributed by atoms with E-state index in [-0.39, 0.29) is 0 Å². The van der Waals surface area contributed by atoms with Gasteiger partial charge < -0.3 is 4.74 Å². The number of rotatable bonds is 12. The molecular formula is C30H38O. The Morgan fingerprint density at radius 2 is 1.03 bits per heavy atom. The molecule has 0 amide bonds. The van der Waals surface area contributed by atoms with E-state index in [1.807, 2.05) is 36.4 Å². The number of unbranched alkanes of at least 4 members (excludes halogenated alkanes) is 9. The van der Waals surface area contributed by atoms with E-state index >= 15 is 0 Å². The largest absolute Gasteiger partial charge is 0.494 e. The standard InChI is InChI=1S/C30H38O/c1-3-5-7-9-10-11-13-15-27-16-18-28(19-17-27)20-21-29-22-24-30(25-23-29)31-26-14-12-8-6-4-2/h16-19,22-25H,3-12,14,26H2,1-2H3. The summed E-state index contributed by atoms with van der Waals surface area (Å²) in [5.74, 6) is 13.9. The molecule has 0 heterocycles. The highest BCUT2D eigenvalue weighted by Gasteiger charge is 1.95. The lowest BCUT2D eigenvalue weighted by Gasteiger charge is -2.05. The van der Waals surface area contributed by atoms with Crippen molar-refractivity contribution in [3.8, 4) is 29.4 Å². The second-order valence-electron chi connectivity index (χ2n) is 8.08. The van der Waals surface area contributed by atoms with Crippen LogP contribution >= 0.6 is 0 Å². The Labute approximate surface area is 190 Å². The smallest absolute Gasteiger partial charge is 0.119 e. The molecule has 0 atom stereocenters. The van der Waals surface area contributed by atoms with Crippen LogP contribution in [-0.4, -0.2) is 6.61 Å². The van der Waals surface area contributed by atoms with E-state index in [1.165, 1.54) is 57.8 Å². The first-order valence-electron chi connectivity index (χ1n) is 12.2. The van der Waals surface area contributed by atoms with Crippen molar-refractivity contribution < 1.29 is 4.74 Å². The first kappa shape index (κ1) is 24.6. The number of ether oxygens (including phenoxy) is 1. The molecule has 0 spiro atoms. The number of hydrogen-bond donors (Lipinski definition) is 0. The third-order valence-electron chi connectivity index (χ3n) is 5.25. The van der Waals surface area contributed by atoms with Crippen molar-refractivity contribution in [1.82, 2.24) is 0 Å². The van der Waals surface area contributed by atoms with Gasteiger partial charge in [-0.25, -0.2) is 0 Å². The summed E-state index contributed by atoms with van der Waals surface area (Å²) >= 11 is 0. The van der Waals surface area contributed by atoms with Crippen LogP contribution in [0.2, 0.25) is 0 Å². The van der Waals surface area contributed by atoms with Crippen molar-refractivity contribution in [1.29, 1.82) is 0 Å². The van der Waals surface area contributed by atoms with Crippen molar-refractivity contribution in [2.24, 2.45) is 0 Å². The van der Waals surface area contributed by atoms with Gasteiger partial charge in [0.15, 0.2) is 0 Å². The molecule has 0 aliphatic heterocycles. The molecule has 2 rings (SSSR count). The summed E-state index contributed by atoms with van der Waals surface area (Å²) in [5, 5.41) is 0. The molecule has 164 valence electrons. The van der Waals surface area contributed by atoms with Crippen LogP contribution in [0.1, 0.15) is 101 Å². The molecule has 31 heavy (non-hydrogen) atoms. The van der Waals surface area contributed by atoms with Crippen LogP contribution in [0.3, 0.4) is 0 Å². The Morgan fingerprint density at radius 1 is 0.548 bits per heavy atom. The topological polar surface area (TPSA) is 9.23 Å². The molecule has 0 aliphatic rings. The van der Waals surface area contributed by atoms with Crippen molar-refractivity contribution in [3.63, 3.8) is 0 Å². The molecule has 0 unspecified atom stereocenters. The van der Waals surface area contributed by atoms with Crippen LogP contribution < -0.4 is 4.74 Å². The molecule has 0 aromatic heterocycles. The maximum Gasteiger partial charge on any atom is 0.119 e. The summed E-state index contributed by atoms with van der Waals surface area (Å²) in [5.41, 5.74) is 3.08. The maximum atomic E-state index is 5.82.